The molecule has 0 amide bonds. The van der Waals surface area contributed by atoms with Crippen molar-refractivity contribution >= 4 is 39.5 Å². The average Bonchev–Trinajstić information content (AvgIpc) is 1.55. The molecule has 0 spiro atoms. The molecular weight excluding hydrogens is 1280 g/mol. The molecule has 0 aliphatic rings. The van der Waals surface area contributed by atoms with E-state index in [0.29, 0.717) is 25.7 Å². The molecule has 582 valence electrons. The van der Waals surface area contributed by atoms with E-state index < -0.39 is 97.5 Å². The second kappa shape index (κ2) is 72.0. The summed E-state index contributed by atoms with van der Waals surface area (Å²) in [6.45, 7) is 7.34. The van der Waals surface area contributed by atoms with Crippen LogP contribution in [0.3, 0.4) is 0 Å². The molecule has 0 fully saturated rings. The van der Waals surface area contributed by atoms with Crippen molar-refractivity contribution in [3.05, 3.63) is 0 Å². The van der Waals surface area contributed by atoms with Crippen molar-refractivity contribution in [1.82, 2.24) is 0 Å². The van der Waals surface area contributed by atoms with Gasteiger partial charge in [-0.15, -0.1) is 0 Å². The number of carbonyl (C=O) groups is 4. The predicted octanol–water partition coefficient (Wildman–Crippen LogP) is 23.6. The van der Waals surface area contributed by atoms with E-state index in [2.05, 4.69) is 34.6 Å². The molecule has 0 aromatic rings. The Morgan fingerprint density at radius 3 is 0.724 bits per heavy atom. The molecule has 0 saturated carbocycles. The van der Waals surface area contributed by atoms with Crippen molar-refractivity contribution < 1.29 is 80.2 Å². The first-order chi connectivity index (χ1) is 47.6. The molecule has 0 rings (SSSR count). The quantitative estimate of drug-likeness (QED) is 0.0222. The minimum atomic E-state index is -4.96. The summed E-state index contributed by atoms with van der Waals surface area (Å²) in [6.07, 6.45) is 62.5. The molecule has 0 aliphatic carbocycles. The van der Waals surface area contributed by atoms with Crippen LogP contribution in [0.4, 0.5) is 0 Å². The molecule has 6 atom stereocenters. The molecule has 17 nitrogen and oxygen atoms in total. The van der Waals surface area contributed by atoms with Crippen molar-refractivity contribution in [1.29, 1.82) is 0 Å². The van der Waals surface area contributed by atoms with Gasteiger partial charge >= 0.3 is 39.5 Å². The van der Waals surface area contributed by atoms with Crippen LogP contribution in [0.15, 0.2) is 0 Å². The van der Waals surface area contributed by atoms with Crippen LogP contribution < -0.4 is 0 Å². The van der Waals surface area contributed by atoms with E-state index in [-0.39, 0.29) is 25.7 Å². The van der Waals surface area contributed by atoms with Crippen LogP contribution in [0.1, 0.15) is 420 Å². The van der Waals surface area contributed by atoms with Crippen LogP contribution in [0, 0.1) is 5.92 Å². The molecule has 0 aliphatic heterocycles. The summed E-state index contributed by atoms with van der Waals surface area (Å²) < 4.78 is 68.5. The van der Waals surface area contributed by atoms with Crippen molar-refractivity contribution in [3.63, 3.8) is 0 Å². The monoisotopic (exact) mass is 1440 g/mol. The van der Waals surface area contributed by atoms with Crippen LogP contribution in [0.5, 0.6) is 0 Å². The lowest BCUT2D eigenvalue weighted by Crippen LogP contribution is -2.30. The molecule has 19 heteroatoms. The van der Waals surface area contributed by atoms with Gasteiger partial charge in [0.15, 0.2) is 12.2 Å². The first-order valence-electron chi connectivity index (χ1n) is 41.2. The molecule has 3 unspecified atom stereocenters. The van der Waals surface area contributed by atoms with E-state index in [1.165, 1.54) is 231 Å². The number of aliphatic hydroxyl groups is 1. The number of rotatable bonds is 79. The van der Waals surface area contributed by atoms with Crippen LogP contribution in [0.2, 0.25) is 0 Å². The van der Waals surface area contributed by atoms with E-state index >= 15 is 0 Å². The molecule has 0 bridgehead atoms. The number of hydrogen-bond donors (Lipinski definition) is 3. The van der Waals surface area contributed by atoms with Gasteiger partial charge in [0.05, 0.1) is 26.4 Å². The zero-order valence-electron chi connectivity index (χ0n) is 63.9. The highest BCUT2D eigenvalue weighted by molar-refractivity contribution is 7.47. The van der Waals surface area contributed by atoms with Gasteiger partial charge < -0.3 is 33.8 Å². The van der Waals surface area contributed by atoms with Gasteiger partial charge in [-0.25, -0.2) is 9.13 Å². The van der Waals surface area contributed by atoms with Crippen LogP contribution in [0.25, 0.3) is 0 Å². The number of esters is 4. The number of carbonyl (C=O) groups excluding carboxylic acids is 4. The van der Waals surface area contributed by atoms with Gasteiger partial charge in [-0.1, -0.05) is 369 Å². The molecule has 0 aromatic heterocycles. The van der Waals surface area contributed by atoms with E-state index in [1.54, 1.807) is 0 Å². The normalized spacial score (nSPS) is 14.2. The number of hydrogen-bond acceptors (Lipinski definition) is 15. The van der Waals surface area contributed by atoms with Crippen LogP contribution in [-0.4, -0.2) is 96.7 Å². The minimum absolute atomic E-state index is 0.108. The highest BCUT2D eigenvalue weighted by atomic mass is 31.2. The summed E-state index contributed by atoms with van der Waals surface area (Å²) in [5.41, 5.74) is 0. The maximum Gasteiger partial charge on any atom is 0.472 e. The highest BCUT2D eigenvalue weighted by Gasteiger charge is 2.30. The molecule has 0 saturated heterocycles. The Labute approximate surface area is 600 Å². The van der Waals surface area contributed by atoms with Crippen molar-refractivity contribution in [2.24, 2.45) is 5.92 Å². The summed E-state index contributed by atoms with van der Waals surface area (Å²) >= 11 is 0. The van der Waals surface area contributed by atoms with Gasteiger partial charge in [0.2, 0.25) is 0 Å². The molecular formula is C79H154O17P2. The second-order valence-electron chi connectivity index (χ2n) is 28.7. The smallest absolute Gasteiger partial charge is 0.462 e. The number of ether oxygens (including phenoxy) is 4. The average molecular weight is 1440 g/mol. The van der Waals surface area contributed by atoms with Gasteiger partial charge in [0.25, 0.3) is 0 Å². The Bertz CT molecular complexity index is 1880. The molecule has 98 heavy (non-hydrogen) atoms. The SMILES string of the molecule is CCCCCCCCCCCCCCCCCCCCC(=O)OC[C@H](COP(=O)(O)OC[C@@H](O)COP(=O)(O)OC[C@@H](COC(=O)CCCCCCCCC)OC(=O)CCCCCCCCCCCCCCCCC)OC(=O)CCCCCCCCCCCCCCCCC(C)CC. The van der Waals surface area contributed by atoms with Crippen molar-refractivity contribution in [2.75, 3.05) is 39.6 Å². The van der Waals surface area contributed by atoms with Gasteiger partial charge in [0, 0.05) is 25.7 Å². The van der Waals surface area contributed by atoms with Crippen LogP contribution >= 0.6 is 15.6 Å². The first-order valence-corrected chi connectivity index (χ1v) is 44.2. The standard InChI is InChI=1S/C79H154O17P2/c1-6-10-13-16-19-21-23-25-27-28-29-31-35-39-43-48-53-58-63-77(82)90-69-75(96-79(84)65-60-55-50-45-41-37-33-32-34-38-42-47-51-56-61-72(5)9-4)71-94-98(87,88)92-67-73(80)66-91-97(85,86)93-70-74(68-89-76(81)62-57-52-46-18-15-12-8-3)95-78(83)64-59-54-49-44-40-36-30-26-24-22-20-17-14-11-7-2/h72-75,80H,6-71H2,1-5H3,(H,85,86)(H,87,88)/t72?,73-,74+,75+/m0/s1. The summed E-state index contributed by atoms with van der Waals surface area (Å²) in [5, 5.41) is 10.6. The van der Waals surface area contributed by atoms with Gasteiger partial charge in [-0.3, -0.25) is 37.3 Å². The van der Waals surface area contributed by atoms with Crippen molar-refractivity contribution in [2.45, 2.75) is 438 Å². The number of phosphoric ester groups is 2. The van der Waals surface area contributed by atoms with Crippen LogP contribution in [-0.2, 0) is 65.4 Å². The topological polar surface area (TPSA) is 237 Å². The van der Waals surface area contributed by atoms with E-state index in [0.717, 1.165) is 109 Å². The largest absolute Gasteiger partial charge is 0.472 e. The Balaban J connectivity index is 5.19. The highest BCUT2D eigenvalue weighted by Crippen LogP contribution is 2.45. The third-order valence-corrected chi connectivity index (χ3v) is 20.8. The molecule has 0 radical (unpaired) electrons. The number of unbranched alkanes of at least 4 members (excludes halogenated alkanes) is 50. The third-order valence-electron chi connectivity index (χ3n) is 18.9. The predicted molar refractivity (Wildman–Crippen MR) is 400 cm³/mol. The summed E-state index contributed by atoms with van der Waals surface area (Å²) in [4.78, 5) is 72.8. The Hall–Kier alpha value is -1.94. The summed E-state index contributed by atoms with van der Waals surface area (Å²) in [5.74, 6) is -1.27. The number of phosphoric acid groups is 2. The van der Waals surface area contributed by atoms with E-state index in [4.69, 9.17) is 37.0 Å². The minimum Gasteiger partial charge on any atom is -0.462 e. The first kappa shape index (κ1) is 96.1. The van der Waals surface area contributed by atoms with E-state index in [1.807, 2.05) is 0 Å². The van der Waals surface area contributed by atoms with Gasteiger partial charge in [-0.2, -0.15) is 0 Å². The lowest BCUT2D eigenvalue weighted by Gasteiger charge is -2.21. The summed E-state index contributed by atoms with van der Waals surface area (Å²) in [6, 6.07) is 0. The fourth-order valence-corrected chi connectivity index (χ4v) is 13.8. The zero-order chi connectivity index (χ0) is 71.9. The Morgan fingerprint density at radius 2 is 0.490 bits per heavy atom. The Morgan fingerprint density at radius 1 is 0.286 bits per heavy atom. The third kappa shape index (κ3) is 71.1. The number of aliphatic hydroxyl groups excluding tert-OH is 1. The zero-order valence-corrected chi connectivity index (χ0v) is 65.7. The lowest BCUT2D eigenvalue weighted by atomic mass is 9.99. The molecule has 0 aromatic carbocycles. The molecule has 3 N–H and O–H groups in total. The lowest BCUT2D eigenvalue weighted by molar-refractivity contribution is -0.161. The maximum atomic E-state index is 13.1. The van der Waals surface area contributed by atoms with E-state index in [9.17, 15) is 43.2 Å². The Kier molecular flexibility index (Phi) is 70.6. The maximum absolute atomic E-state index is 13.1. The fraction of sp³-hybridized carbons (Fsp3) is 0.949. The van der Waals surface area contributed by atoms with Crippen molar-refractivity contribution in [3.8, 4) is 0 Å². The second-order valence-corrected chi connectivity index (χ2v) is 31.6. The summed E-state index contributed by atoms with van der Waals surface area (Å²) in [7, 11) is -9.91. The van der Waals surface area contributed by atoms with Gasteiger partial charge in [-0.05, 0) is 31.6 Å². The van der Waals surface area contributed by atoms with Gasteiger partial charge in [0.1, 0.15) is 19.3 Å². The fourth-order valence-electron chi connectivity index (χ4n) is 12.2. The molecule has 0 heterocycles.